The van der Waals surface area contributed by atoms with Crippen molar-refractivity contribution in [2.75, 3.05) is 5.32 Å². The lowest BCUT2D eigenvalue weighted by Crippen LogP contribution is -2.26. The minimum absolute atomic E-state index is 0.0623. The molecule has 0 amide bonds. The van der Waals surface area contributed by atoms with Crippen LogP contribution in [0.1, 0.15) is 37.9 Å². The maximum Gasteiger partial charge on any atom is 0.434 e. The van der Waals surface area contributed by atoms with Gasteiger partial charge in [0.15, 0.2) is 5.69 Å². The number of carboxylic acids is 2. The highest BCUT2D eigenvalue weighted by Crippen LogP contribution is 2.42. The van der Waals surface area contributed by atoms with Crippen molar-refractivity contribution < 1.29 is 46.2 Å². The van der Waals surface area contributed by atoms with Crippen molar-refractivity contribution in [3.05, 3.63) is 46.7 Å². The van der Waals surface area contributed by atoms with E-state index in [-0.39, 0.29) is 5.76 Å². The monoisotopic (exact) mass is 414 g/mol. The number of carboxylic acid groups (broad SMARTS) is 2. The summed E-state index contributed by atoms with van der Waals surface area (Å²) in [5.74, 6) is -4.33. The van der Waals surface area contributed by atoms with E-state index in [2.05, 4.69) is 10.3 Å². The molecule has 0 saturated heterocycles. The molecular formula is C14H8ClF5N2O5. The number of pyridine rings is 1. The van der Waals surface area contributed by atoms with Gasteiger partial charge in [-0.3, -0.25) is 0 Å². The number of carbonyl (C=O) groups is 2. The van der Waals surface area contributed by atoms with Crippen LogP contribution in [0.3, 0.4) is 0 Å². The second-order valence-corrected chi connectivity index (χ2v) is 5.45. The highest BCUT2D eigenvalue weighted by molar-refractivity contribution is 6.22. The predicted octanol–water partition coefficient (Wildman–Crippen LogP) is 3.99. The molecule has 0 aliphatic carbocycles. The van der Waals surface area contributed by atoms with Crippen LogP contribution in [0.25, 0.3) is 0 Å². The molecule has 2 aromatic rings. The van der Waals surface area contributed by atoms with Gasteiger partial charge in [0.2, 0.25) is 0 Å². The summed E-state index contributed by atoms with van der Waals surface area (Å²) in [6.45, 7) is -0.498. The number of alkyl halides is 6. The van der Waals surface area contributed by atoms with E-state index >= 15 is 0 Å². The number of anilines is 1. The Morgan fingerprint density at radius 2 is 1.67 bits per heavy atom. The Bertz CT molecular complexity index is 827. The van der Waals surface area contributed by atoms with Gasteiger partial charge in [-0.1, -0.05) is 0 Å². The molecule has 0 radical (unpaired) electrons. The molecule has 3 N–H and O–H groups in total. The van der Waals surface area contributed by atoms with Gasteiger partial charge in [-0.25, -0.2) is 14.6 Å². The summed E-state index contributed by atoms with van der Waals surface area (Å²) in [7, 11) is 0. The van der Waals surface area contributed by atoms with E-state index in [1.54, 1.807) is 0 Å². The van der Waals surface area contributed by atoms with Gasteiger partial charge in [0.1, 0.15) is 22.6 Å². The molecule has 7 nitrogen and oxygen atoms in total. The molecule has 13 heteroatoms. The summed E-state index contributed by atoms with van der Waals surface area (Å²) in [6, 6.07) is 2.72. The van der Waals surface area contributed by atoms with Gasteiger partial charge in [-0.15, -0.1) is 0 Å². The highest BCUT2D eigenvalue weighted by atomic mass is 35.5. The number of halogens is 6. The van der Waals surface area contributed by atoms with Crippen LogP contribution < -0.4 is 5.32 Å². The van der Waals surface area contributed by atoms with Crippen LogP contribution in [0.4, 0.5) is 27.6 Å². The van der Waals surface area contributed by atoms with Crippen molar-refractivity contribution in [1.29, 1.82) is 0 Å². The molecule has 0 aliphatic rings. The largest absolute Gasteiger partial charge is 0.478 e. The second kappa shape index (κ2) is 7.02. The van der Waals surface area contributed by atoms with E-state index in [1.807, 2.05) is 0 Å². The normalized spacial score (nSPS) is 12.1. The zero-order valence-electron chi connectivity index (χ0n) is 12.8. The lowest BCUT2D eigenvalue weighted by Gasteiger charge is -2.21. The van der Waals surface area contributed by atoms with Gasteiger partial charge in [-0.2, -0.15) is 22.0 Å². The molecule has 0 aliphatic heterocycles. The fourth-order valence-electron chi connectivity index (χ4n) is 2.18. The molecule has 0 atom stereocenters. The first kappa shape index (κ1) is 20.4. The Kier molecular flexibility index (Phi) is 5.31. The number of aromatic carboxylic acids is 2. The molecule has 146 valence electrons. The topological polar surface area (TPSA) is 113 Å². The maximum absolute atomic E-state index is 13.5. The molecule has 2 heterocycles. The maximum atomic E-state index is 13.5. The minimum atomic E-state index is -5.48. The van der Waals surface area contributed by atoms with Crippen molar-refractivity contribution >= 4 is 29.2 Å². The lowest BCUT2D eigenvalue weighted by atomic mass is 10.0. The van der Waals surface area contributed by atoms with Crippen molar-refractivity contribution in [2.24, 2.45) is 0 Å². The molecule has 2 aromatic heterocycles. The minimum Gasteiger partial charge on any atom is -0.478 e. The Hall–Kier alpha value is -2.89. The Morgan fingerprint density at radius 3 is 2.07 bits per heavy atom. The summed E-state index contributed by atoms with van der Waals surface area (Å²) in [4.78, 5) is 25.3. The summed E-state index contributed by atoms with van der Waals surface area (Å²) < 4.78 is 71.6. The van der Waals surface area contributed by atoms with Crippen molar-refractivity contribution in [3.8, 4) is 0 Å². The van der Waals surface area contributed by atoms with Crippen LogP contribution in [-0.4, -0.2) is 27.1 Å². The zero-order valence-corrected chi connectivity index (χ0v) is 13.5. The fraction of sp³-hybridized carbons (Fsp3) is 0.214. The molecule has 0 aromatic carbocycles. The average Bonchev–Trinajstić information content (AvgIpc) is 3.02. The van der Waals surface area contributed by atoms with Crippen molar-refractivity contribution in [2.45, 2.75) is 18.1 Å². The first-order valence-electron chi connectivity index (χ1n) is 6.79. The van der Waals surface area contributed by atoms with E-state index in [1.165, 1.54) is 18.4 Å². The highest BCUT2D eigenvalue weighted by Gasteiger charge is 2.46. The zero-order chi connectivity index (χ0) is 20.6. The van der Waals surface area contributed by atoms with Gasteiger partial charge < -0.3 is 19.9 Å². The van der Waals surface area contributed by atoms with Crippen LogP contribution in [0, 0.1) is 0 Å². The fourth-order valence-corrected chi connectivity index (χ4v) is 2.31. The molecule has 0 bridgehead atoms. The number of rotatable bonds is 6. The number of aromatic nitrogens is 1. The van der Waals surface area contributed by atoms with E-state index in [9.17, 15) is 36.6 Å². The van der Waals surface area contributed by atoms with Gasteiger partial charge in [0.25, 0.3) is 0 Å². The smallest absolute Gasteiger partial charge is 0.434 e. The first-order valence-corrected chi connectivity index (χ1v) is 7.17. The Balaban J connectivity index is 2.84. The van der Waals surface area contributed by atoms with Crippen LogP contribution in [0.15, 0.2) is 22.8 Å². The average molecular weight is 415 g/mol. The molecule has 0 spiro atoms. The number of furan rings is 1. The molecule has 2 rings (SSSR count). The van der Waals surface area contributed by atoms with Gasteiger partial charge in [0, 0.05) is 0 Å². The lowest BCUT2D eigenvalue weighted by molar-refractivity contribution is -0.142. The van der Waals surface area contributed by atoms with Crippen LogP contribution >= 0.6 is 11.6 Å². The summed E-state index contributed by atoms with van der Waals surface area (Å²) >= 11 is 4.71. The summed E-state index contributed by atoms with van der Waals surface area (Å²) in [5, 5.41) is 15.8. The Morgan fingerprint density at radius 1 is 1.11 bits per heavy atom. The van der Waals surface area contributed by atoms with E-state index in [0.29, 0.717) is 0 Å². The number of nitrogens with zero attached hydrogens (tertiary/aromatic N) is 1. The van der Waals surface area contributed by atoms with Gasteiger partial charge in [0.05, 0.1) is 18.5 Å². The van der Waals surface area contributed by atoms with Crippen LogP contribution in [0.5, 0.6) is 0 Å². The molecule has 0 unspecified atom stereocenters. The Labute approximate surface area is 151 Å². The van der Waals surface area contributed by atoms with Crippen LogP contribution in [-0.2, 0) is 18.1 Å². The molecular weight excluding hydrogens is 407 g/mol. The third-order valence-electron chi connectivity index (χ3n) is 3.18. The summed E-state index contributed by atoms with van der Waals surface area (Å²) in [5.41, 5.74) is -8.56. The van der Waals surface area contributed by atoms with E-state index < -0.39 is 58.2 Å². The quantitative estimate of drug-likeness (QED) is 0.484. The number of nitrogens with one attached hydrogen (secondary N) is 1. The van der Waals surface area contributed by atoms with Gasteiger partial charge in [-0.05, 0) is 23.7 Å². The molecule has 0 fully saturated rings. The molecule has 27 heavy (non-hydrogen) atoms. The second-order valence-electron chi connectivity index (χ2n) is 4.97. The predicted molar refractivity (Wildman–Crippen MR) is 78.9 cm³/mol. The third kappa shape index (κ3) is 4.27. The first-order chi connectivity index (χ1) is 12.3. The number of hydrogen-bond donors (Lipinski definition) is 3. The van der Waals surface area contributed by atoms with E-state index in [0.717, 1.165) is 0 Å². The van der Waals surface area contributed by atoms with Crippen LogP contribution in [0.2, 0.25) is 0 Å². The van der Waals surface area contributed by atoms with Crippen molar-refractivity contribution in [1.82, 2.24) is 4.98 Å². The van der Waals surface area contributed by atoms with E-state index in [4.69, 9.17) is 21.1 Å². The third-order valence-corrected chi connectivity index (χ3v) is 3.36. The SMILES string of the molecule is O=C(O)c1c(C(F)(F)F)nc(C(F)(F)Cl)c(C(=O)O)c1NCc1ccco1. The molecule has 0 saturated carbocycles. The van der Waals surface area contributed by atoms with Crippen molar-refractivity contribution in [3.63, 3.8) is 0 Å². The van der Waals surface area contributed by atoms with Gasteiger partial charge >= 0.3 is 23.5 Å². The number of hydrogen-bond acceptors (Lipinski definition) is 5. The standard InChI is InChI=1S/C14H8ClF5N2O5/c15-13(16,17)9-6(11(23)24)8(21-4-5-2-1-3-27-5)7(12(25)26)10(22-9)14(18,19)20/h1-3H,4H2,(H,21,22)(H,23,24)(H,25,26). The summed E-state index contributed by atoms with van der Waals surface area (Å²) in [6.07, 6.45) is -4.30.